The molecule has 1 aromatic carbocycles. The van der Waals surface area contributed by atoms with Crippen LogP contribution in [0.5, 0.6) is 5.88 Å². The molecule has 0 fully saturated rings. The predicted octanol–water partition coefficient (Wildman–Crippen LogP) is 2.10. The zero-order valence-corrected chi connectivity index (χ0v) is 13.9. The summed E-state index contributed by atoms with van der Waals surface area (Å²) in [6.45, 7) is 2.06. The molecule has 4 rings (SSSR count). The van der Waals surface area contributed by atoms with E-state index < -0.39 is 5.82 Å². The van der Waals surface area contributed by atoms with E-state index in [2.05, 4.69) is 10.1 Å². The van der Waals surface area contributed by atoms with Gasteiger partial charge in [-0.3, -0.25) is 9.78 Å². The standard InChI is InChI=1S/C19H15FN4O2/c1-12-18-16(10-17(25)23(12)11-13-6-8-21-9-7-13)22-24(19(18)26)15-4-2-14(20)3-5-15/h2-10,25H,11H2,1H3/p-1. The first-order valence-corrected chi connectivity index (χ1v) is 7.99. The molecule has 2 aliphatic rings. The van der Waals surface area contributed by atoms with Crippen LogP contribution in [0.15, 0.2) is 59.7 Å². The number of hydrogen-bond donors (Lipinski definition) is 0. The molecule has 2 aromatic rings. The third kappa shape index (κ3) is 2.63. The summed E-state index contributed by atoms with van der Waals surface area (Å²) in [4.78, 5) is 16.8. The first-order valence-electron chi connectivity index (χ1n) is 7.99. The number of aromatic nitrogens is 4. The lowest BCUT2D eigenvalue weighted by Gasteiger charge is -2.22. The van der Waals surface area contributed by atoms with Crippen molar-refractivity contribution >= 4 is 0 Å². The lowest BCUT2D eigenvalue weighted by atomic mass is 10.1. The summed E-state index contributed by atoms with van der Waals surface area (Å²) >= 11 is 0. The molecule has 7 heteroatoms. The minimum Gasteiger partial charge on any atom is -0.860 e. The second kappa shape index (κ2) is 6.11. The van der Waals surface area contributed by atoms with Gasteiger partial charge in [0.1, 0.15) is 5.82 Å². The number of fused-ring (bicyclic) bond motifs is 1. The van der Waals surface area contributed by atoms with Gasteiger partial charge in [-0.25, -0.2) is 4.39 Å². The molecule has 2 aliphatic heterocycles. The van der Waals surface area contributed by atoms with Crippen LogP contribution in [-0.4, -0.2) is 19.3 Å². The molecule has 0 N–H and O–H groups in total. The van der Waals surface area contributed by atoms with Crippen LogP contribution in [0.25, 0.3) is 16.9 Å². The first kappa shape index (κ1) is 16.0. The molecular formula is C19H14FN4O2-. The van der Waals surface area contributed by atoms with E-state index in [1.165, 1.54) is 39.6 Å². The van der Waals surface area contributed by atoms with E-state index in [9.17, 15) is 14.3 Å². The Hall–Kier alpha value is -3.48. The Morgan fingerprint density at radius 2 is 1.81 bits per heavy atom. The molecule has 0 atom stereocenters. The molecule has 130 valence electrons. The monoisotopic (exact) mass is 349 g/mol. The minimum atomic E-state index is -0.397. The Bertz CT molecular complexity index is 1100. The van der Waals surface area contributed by atoms with E-state index in [0.717, 1.165) is 5.56 Å². The summed E-state index contributed by atoms with van der Waals surface area (Å²) < 4.78 is 15.9. The Labute approximate surface area is 148 Å². The van der Waals surface area contributed by atoms with Crippen LogP contribution in [0, 0.1) is 12.7 Å². The lowest BCUT2D eigenvalue weighted by molar-refractivity contribution is -0.279. The zero-order valence-electron chi connectivity index (χ0n) is 13.9. The van der Waals surface area contributed by atoms with Gasteiger partial charge in [0.2, 0.25) is 0 Å². The van der Waals surface area contributed by atoms with Gasteiger partial charge in [-0.15, -0.1) is 0 Å². The molecule has 0 unspecified atom stereocenters. The topological polar surface area (TPSA) is 75.8 Å². The van der Waals surface area contributed by atoms with Crippen molar-refractivity contribution < 1.29 is 9.50 Å². The van der Waals surface area contributed by atoms with E-state index >= 15 is 0 Å². The van der Waals surface area contributed by atoms with Gasteiger partial charge in [0, 0.05) is 24.6 Å². The number of hydrogen-bond acceptors (Lipinski definition) is 4. The molecule has 0 aliphatic carbocycles. The molecule has 3 heterocycles. The normalized spacial score (nSPS) is 11.2. The molecule has 0 bridgehead atoms. The van der Waals surface area contributed by atoms with Crippen LogP contribution < -0.4 is 10.7 Å². The molecule has 0 amide bonds. The van der Waals surface area contributed by atoms with Crippen molar-refractivity contribution in [2.45, 2.75) is 13.5 Å². The SMILES string of the molecule is Cc1c2c(=O)n(-c3ccc(F)cc3)nc-2cc([O-])n1Cc1ccncc1. The van der Waals surface area contributed by atoms with Crippen LogP contribution >= 0.6 is 0 Å². The van der Waals surface area contributed by atoms with Gasteiger partial charge in [-0.2, -0.15) is 9.78 Å². The second-order valence-corrected chi connectivity index (χ2v) is 5.96. The van der Waals surface area contributed by atoms with E-state index in [4.69, 9.17) is 0 Å². The van der Waals surface area contributed by atoms with Gasteiger partial charge in [-0.05, 0) is 60.8 Å². The average Bonchev–Trinajstić information content (AvgIpc) is 2.96. The van der Waals surface area contributed by atoms with E-state index in [1.54, 1.807) is 19.3 Å². The van der Waals surface area contributed by atoms with Gasteiger partial charge < -0.3 is 9.67 Å². The van der Waals surface area contributed by atoms with Crippen molar-refractivity contribution in [1.29, 1.82) is 0 Å². The van der Waals surface area contributed by atoms with Crippen molar-refractivity contribution in [2.24, 2.45) is 0 Å². The third-order valence-corrected chi connectivity index (χ3v) is 4.32. The molecule has 6 nitrogen and oxygen atoms in total. The van der Waals surface area contributed by atoms with Crippen molar-refractivity contribution in [2.75, 3.05) is 0 Å². The van der Waals surface area contributed by atoms with Crippen molar-refractivity contribution in [3.8, 4) is 22.8 Å². The highest BCUT2D eigenvalue weighted by atomic mass is 19.1. The Kier molecular flexibility index (Phi) is 3.76. The fraction of sp³-hybridized carbons (Fsp3) is 0.105. The maximum Gasteiger partial charge on any atom is 0.282 e. The molecule has 0 saturated carbocycles. The Morgan fingerprint density at radius 1 is 1.12 bits per heavy atom. The number of benzene rings is 1. The summed E-state index contributed by atoms with van der Waals surface area (Å²) in [6, 6.07) is 10.5. The van der Waals surface area contributed by atoms with E-state index in [0.29, 0.717) is 29.2 Å². The first-order chi connectivity index (χ1) is 12.5. The van der Waals surface area contributed by atoms with Crippen LogP contribution in [0.1, 0.15) is 11.3 Å². The highest BCUT2D eigenvalue weighted by Crippen LogP contribution is 2.26. The molecule has 1 aromatic heterocycles. The molecule has 0 radical (unpaired) electrons. The van der Waals surface area contributed by atoms with E-state index in [-0.39, 0.29) is 11.4 Å². The smallest absolute Gasteiger partial charge is 0.282 e. The van der Waals surface area contributed by atoms with Gasteiger partial charge >= 0.3 is 0 Å². The fourth-order valence-corrected chi connectivity index (χ4v) is 2.98. The number of halogens is 1. The van der Waals surface area contributed by atoms with Crippen LogP contribution in [-0.2, 0) is 6.54 Å². The van der Waals surface area contributed by atoms with Crippen LogP contribution in [0.4, 0.5) is 4.39 Å². The van der Waals surface area contributed by atoms with Crippen molar-refractivity contribution in [3.63, 3.8) is 0 Å². The van der Waals surface area contributed by atoms with E-state index in [1.807, 2.05) is 12.1 Å². The van der Waals surface area contributed by atoms with Crippen LogP contribution in [0.3, 0.4) is 0 Å². The Balaban J connectivity index is 1.87. The van der Waals surface area contributed by atoms with Crippen molar-refractivity contribution in [1.82, 2.24) is 19.3 Å². The fourth-order valence-electron chi connectivity index (χ4n) is 2.98. The summed E-state index contributed by atoms with van der Waals surface area (Å²) in [5, 5.41) is 16.7. The summed E-state index contributed by atoms with van der Waals surface area (Å²) in [6.07, 6.45) is 3.31. The maximum absolute atomic E-state index is 13.1. The lowest BCUT2D eigenvalue weighted by Crippen LogP contribution is -2.18. The van der Waals surface area contributed by atoms with Gasteiger partial charge in [-0.1, -0.05) is 0 Å². The largest absolute Gasteiger partial charge is 0.860 e. The zero-order chi connectivity index (χ0) is 18.3. The number of pyridine rings is 2. The number of rotatable bonds is 3. The van der Waals surface area contributed by atoms with Gasteiger partial charge in [0.15, 0.2) is 0 Å². The summed E-state index contributed by atoms with van der Waals surface area (Å²) in [7, 11) is 0. The molecule has 0 saturated heterocycles. The maximum atomic E-state index is 13.1. The average molecular weight is 349 g/mol. The highest BCUT2D eigenvalue weighted by Gasteiger charge is 2.20. The van der Waals surface area contributed by atoms with Gasteiger partial charge in [0.05, 0.1) is 16.9 Å². The Morgan fingerprint density at radius 3 is 2.50 bits per heavy atom. The highest BCUT2D eigenvalue weighted by molar-refractivity contribution is 5.65. The quantitative estimate of drug-likeness (QED) is 0.568. The minimum absolute atomic E-state index is 0.240. The predicted molar refractivity (Wildman–Crippen MR) is 91.9 cm³/mol. The molecular weight excluding hydrogens is 335 g/mol. The third-order valence-electron chi connectivity index (χ3n) is 4.32. The second-order valence-electron chi connectivity index (χ2n) is 5.96. The summed E-state index contributed by atoms with van der Waals surface area (Å²) in [5.74, 6) is -0.637. The van der Waals surface area contributed by atoms with Crippen LogP contribution in [0.2, 0.25) is 0 Å². The number of nitrogens with zero attached hydrogens (tertiary/aromatic N) is 4. The molecule has 0 spiro atoms. The van der Waals surface area contributed by atoms with Gasteiger partial charge in [0.25, 0.3) is 5.56 Å². The summed E-state index contributed by atoms with van der Waals surface area (Å²) in [5.41, 5.74) is 2.26. The van der Waals surface area contributed by atoms with Crippen molar-refractivity contribution in [3.05, 3.63) is 82.3 Å². The molecule has 26 heavy (non-hydrogen) atoms.